The first-order chi connectivity index (χ1) is 15.8. The van der Waals surface area contributed by atoms with Crippen molar-refractivity contribution in [3.05, 3.63) is 0 Å². The van der Waals surface area contributed by atoms with E-state index in [2.05, 4.69) is 12.2 Å². The van der Waals surface area contributed by atoms with Gasteiger partial charge in [-0.2, -0.15) is 0 Å². The zero-order chi connectivity index (χ0) is 24.8. The van der Waals surface area contributed by atoms with E-state index in [0.29, 0.717) is 6.42 Å². The van der Waals surface area contributed by atoms with Gasteiger partial charge in [0.05, 0.1) is 13.2 Å². The maximum atomic E-state index is 11.8. The molecular weight excluding hydrogens is 449 g/mol. The number of phosphoric acid groups is 1. The Morgan fingerprint density at radius 2 is 1.36 bits per heavy atom. The molecular formula is C23H46NO8P. The summed E-state index contributed by atoms with van der Waals surface area (Å²) in [4.78, 5) is 32.9. The fraction of sp³-hybridized carbons (Fsp3) is 0.913. The molecule has 0 aliphatic rings. The highest BCUT2D eigenvalue weighted by molar-refractivity contribution is 7.47. The summed E-state index contributed by atoms with van der Waals surface area (Å²) in [6, 6.07) is 0. The minimum atomic E-state index is -4.37. The van der Waals surface area contributed by atoms with Crippen LogP contribution in [0, 0.1) is 0 Å². The average molecular weight is 496 g/mol. The van der Waals surface area contributed by atoms with Crippen molar-refractivity contribution >= 4 is 19.7 Å². The van der Waals surface area contributed by atoms with Crippen LogP contribution in [0.2, 0.25) is 0 Å². The van der Waals surface area contributed by atoms with Crippen LogP contribution in [0.25, 0.3) is 0 Å². The van der Waals surface area contributed by atoms with Gasteiger partial charge in [0.15, 0.2) is 0 Å². The number of ether oxygens (including phenoxy) is 1. The molecule has 2 atom stereocenters. The fourth-order valence-corrected chi connectivity index (χ4v) is 3.84. The molecule has 2 unspecified atom stereocenters. The SMILES string of the molecule is CCCCCCCCCCCC(=O)OCC(O)COP(=O)(O)OCCNC(=O)CCCCC. The molecule has 0 rings (SSSR count). The van der Waals surface area contributed by atoms with E-state index in [-0.39, 0.29) is 32.1 Å². The summed E-state index contributed by atoms with van der Waals surface area (Å²) in [5.41, 5.74) is 0. The minimum Gasteiger partial charge on any atom is -0.463 e. The van der Waals surface area contributed by atoms with Crippen LogP contribution in [0.5, 0.6) is 0 Å². The van der Waals surface area contributed by atoms with E-state index in [9.17, 15) is 24.2 Å². The second-order valence-electron chi connectivity index (χ2n) is 8.32. The summed E-state index contributed by atoms with van der Waals surface area (Å²) in [7, 11) is -4.37. The summed E-state index contributed by atoms with van der Waals surface area (Å²) < 4.78 is 26.2. The molecule has 10 heteroatoms. The molecule has 0 aromatic rings. The molecule has 0 aliphatic carbocycles. The van der Waals surface area contributed by atoms with Gasteiger partial charge in [-0.1, -0.05) is 78.1 Å². The maximum Gasteiger partial charge on any atom is 0.472 e. The van der Waals surface area contributed by atoms with Crippen LogP contribution < -0.4 is 5.32 Å². The van der Waals surface area contributed by atoms with Gasteiger partial charge in [-0.15, -0.1) is 0 Å². The Morgan fingerprint density at radius 1 is 0.818 bits per heavy atom. The monoisotopic (exact) mass is 495 g/mol. The fourth-order valence-electron chi connectivity index (χ4n) is 3.08. The first kappa shape index (κ1) is 32.0. The Balaban J connectivity index is 3.70. The lowest BCUT2D eigenvalue weighted by atomic mass is 10.1. The standard InChI is InChI=1S/C23H46NO8P/c1-3-5-7-8-9-10-11-12-14-16-23(27)30-19-21(25)20-32-33(28,29)31-18-17-24-22(26)15-13-6-4-2/h21,25H,3-20H2,1-2H3,(H,24,26)(H,28,29). The van der Waals surface area contributed by atoms with Gasteiger partial charge in [0.1, 0.15) is 12.7 Å². The predicted molar refractivity (Wildman–Crippen MR) is 128 cm³/mol. The molecule has 0 aromatic carbocycles. The molecule has 0 bridgehead atoms. The first-order valence-electron chi connectivity index (χ1n) is 12.5. The normalized spacial score (nSPS) is 13.9. The Morgan fingerprint density at radius 3 is 2.00 bits per heavy atom. The first-order valence-corrected chi connectivity index (χ1v) is 14.0. The van der Waals surface area contributed by atoms with Crippen LogP contribution in [-0.4, -0.2) is 54.3 Å². The summed E-state index contributed by atoms with van der Waals surface area (Å²) in [5, 5.41) is 12.4. The van der Waals surface area contributed by atoms with Crippen molar-refractivity contribution in [3.8, 4) is 0 Å². The van der Waals surface area contributed by atoms with E-state index >= 15 is 0 Å². The third kappa shape index (κ3) is 22.6. The molecule has 1 amide bonds. The van der Waals surface area contributed by atoms with Crippen LogP contribution in [0.1, 0.15) is 104 Å². The van der Waals surface area contributed by atoms with Crippen LogP contribution >= 0.6 is 7.82 Å². The van der Waals surface area contributed by atoms with E-state index in [1.807, 2.05) is 6.92 Å². The van der Waals surface area contributed by atoms with Crippen molar-refractivity contribution in [2.45, 2.75) is 110 Å². The van der Waals surface area contributed by atoms with Gasteiger partial charge < -0.3 is 20.1 Å². The number of aliphatic hydroxyl groups excluding tert-OH is 1. The average Bonchev–Trinajstić information content (AvgIpc) is 2.78. The number of phosphoric ester groups is 1. The number of unbranched alkanes of at least 4 members (excludes halogenated alkanes) is 10. The number of nitrogens with one attached hydrogen (secondary N) is 1. The molecule has 0 fully saturated rings. The summed E-state index contributed by atoms with van der Waals surface area (Å²) in [6.45, 7) is 3.30. The second-order valence-corrected chi connectivity index (χ2v) is 9.77. The quantitative estimate of drug-likeness (QED) is 0.106. The Bertz CT molecular complexity index is 547. The van der Waals surface area contributed by atoms with Crippen molar-refractivity contribution < 1.29 is 37.9 Å². The third-order valence-corrected chi connectivity index (χ3v) is 6.02. The molecule has 9 nitrogen and oxygen atoms in total. The second kappa shape index (κ2) is 21.5. The lowest BCUT2D eigenvalue weighted by Crippen LogP contribution is -2.27. The number of aliphatic hydroxyl groups is 1. The lowest BCUT2D eigenvalue weighted by molar-refractivity contribution is -0.147. The van der Waals surface area contributed by atoms with Gasteiger partial charge >= 0.3 is 13.8 Å². The zero-order valence-electron chi connectivity index (χ0n) is 20.6. The highest BCUT2D eigenvalue weighted by Gasteiger charge is 2.23. The summed E-state index contributed by atoms with van der Waals surface area (Å²) in [6.07, 6.45) is 12.6. The number of carbonyl (C=O) groups is 2. The smallest absolute Gasteiger partial charge is 0.463 e. The molecule has 33 heavy (non-hydrogen) atoms. The van der Waals surface area contributed by atoms with Crippen molar-refractivity contribution in [1.82, 2.24) is 5.32 Å². The van der Waals surface area contributed by atoms with Crippen molar-refractivity contribution in [1.29, 1.82) is 0 Å². The lowest BCUT2D eigenvalue weighted by Gasteiger charge is -2.15. The zero-order valence-corrected chi connectivity index (χ0v) is 21.5. The molecule has 0 saturated heterocycles. The number of carbonyl (C=O) groups excluding carboxylic acids is 2. The number of rotatable bonds is 23. The van der Waals surface area contributed by atoms with Gasteiger partial charge in [0.2, 0.25) is 5.91 Å². The third-order valence-electron chi connectivity index (χ3n) is 5.04. The molecule has 0 aromatic heterocycles. The van der Waals surface area contributed by atoms with E-state index in [1.165, 1.54) is 38.5 Å². The Labute approximate surface area is 199 Å². The van der Waals surface area contributed by atoms with E-state index < -0.39 is 26.5 Å². The molecule has 0 aliphatic heterocycles. The van der Waals surface area contributed by atoms with E-state index in [4.69, 9.17) is 13.8 Å². The number of hydrogen-bond acceptors (Lipinski definition) is 7. The van der Waals surface area contributed by atoms with E-state index in [1.54, 1.807) is 0 Å². The van der Waals surface area contributed by atoms with Crippen LogP contribution in [0.15, 0.2) is 0 Å². The molecule has 3 N–H and O–H groups in total. The Kier molecular flexibility index (Phi) is 20.9. The number of hydrogen-bond donors (Lipinski definition) is 3. The summed E-state index contributed by atoms with van der Waals surface area (Å²) in [5.74, 6) is -0.546. The van der Waals surface area contributed by atoms with Gasteiger partial charge in [-0.25, -0.2) is 4.57 Å². The van der Waals surface area contributed by atoms with Gasteiger partial charge in [-0.05, 0) is 12.8 Å². The van der Waals surface area contributed by atoms with Crippen LogP contribution in [0.3, 0.4) is 0 Å². The molecule has 0 saturated carbocycles. The predicted octanol–water partition coefficient (Wildman–Crippen LogP) is 4.64. The van der Waals surface area contributed by atoms with E-state index in [0.717, 1.165) is 38.5 Å². The number of amides is 1. The molecule has 0 heterocycles. The van der Waals surface area contributed by atoms with Gasteiger partial charge in [-0.3, -0.25) is 18.6 Å². The van der Waals surface area contributed by atoms with Gasteiger partial charge in [0.25, 0.3) is 0 Å². The van der Waals surface area contributed by atoms with Crippen molar-refractivity contribution in [2.75, 3.05) is 26.4 Å². The van der Waals surface area contributed by atoms with Crippen LogP contribution in [-0.2, 0) is 27.9 Å². The molecule has 196 valence electrons. The molecule has 0 spiro atoms. The topological polar surface area (TPSA) is 131 Å². The highest BCUT2D eigenvalue weighted by Crippen LogP contribution is 2.42. The van der Waals surface area contributed by atoms with Crippen LogP contribution in [0.4, 0.5) is 0 Å². The highest BCUT2D eigenvalue weighted by atomic mass is 31.2. The molecule has 0 radical (unpaired) electrons. The summed E-state index contributed by atoms with van der Waals surface area (Å²) >= 11 is 0. The van der Waals surface area contributed by atoms with Crippen molar-refractivity contribution in [3.63, 3.8) is 0 Å². The van der Waals surface area contributed by atoms with Crippen molar-refractivity contribution in [2.24, 2.45) is 0 Å². The largest absolute Gasteiger partial charge is 0.472 e. The van der Waals surface area contributed by atoms with Gasteiger partial charge in [0, 0.05) is 19.4 Å². The minimum absolute atomic E-state index is 0.0812. The Hall–Kier alpha value is -0.990. The number of esters is 1. The maximum absolute atomic E-state index is 11.8.